The van der Waals surface area contributed by atoms with Crippen LogP contribution >= 0.6 is 0 Å². The fraction of sp³-hybridized carbons (Fsp3) is 0.455. The molecule has 2 rings (SSSR count). The SMILES string of the molecule is [2H]C(C)(NC)C([2H])([2H])c1ccc2c(c1)OCO2. The van der Waals surface area contributed by atoms with E-state index in [2.05, 4.69) is 5.32 Å². The van der Waals surface area contributed by atoms with Crippen molar-refractivity contribution in [3.05, 3.63) is 23.8 Å². The number of benzene rings is 1. The van der Waals surface area contributed by atoms with Crippen LogP contribution in [-0.2, 0) is 6.37 Å². The molecule has 1 unspecified atom stereocenters. The third-order valence-corrected chi connectivity index (χ3v) is 2.08. The first-order chi connectivity index (χ1) is 7.88. The van der Waals surface area contributed by atoms with E-state index in [9.17, 15) is 0 Å². The van der Waals surface area contributed by atoms with E-state index in [4.69, 9.17) is 13.6 Å². The van der Waals surface area contributed by atoms with Crippen LogP contribution in [0.5, 0.6) is 11.5 Å². The Hall–Kier alpha value is -1.22. The number of nitrogens with one attached hydrogen (secondary N) is 1. The lowest BCUT2D eigenvalue weighted by atomic mass is 10.1. The Balaban J connectivity index is 2.40. The third kappa shape index (κ3) is 1.82. The highest BCUT2D eigenvalue weighted by Gasteiger charge is 2.13. The minimum atomic E-state index is -1.83. The fourth-order valence-corrected chi connectivity index (χ4v) is 1.25. The Morgan fingerprint density at radius 3 is 3.14 bits per heavy atom. The van der Waals surface area contributed by atoms with Gasteiger partial charge in [-0.15, -0.1) is 0 Å². The largest absolute Gasteiger partial charge is 0.454 e. The van der Waals surface area contributed by atoms with Crippen molar-refractivity contribution < 1.29 is 13.6 Å². The van der Waals surface area contributed by atoms with Gasteiger partial charge in [0.25, 0.3) is 0 Å². The van der Waals surface area contributed by atoms with Gasteiger partial charge in [0.1, 0.15) is 0 Å². The summed E-state index contributed by atoms with van der Waals surface area (Å²) in [5.74, 6) is 1.14. The maximum Gasteiger partial charge on any atom is 0.231 e. The van der Waals surface area contributed by atoms with E-state index in [1.165, 1.54) is 6.92 Å². The Bertz CT molecular complexity index is 435. The summed E-state index contributed by atoms with van der Waals surface area (Å²) < 4.78 is 34.4. The predicted molar refractivity (Wildman–Crippen MR) is 54.8 cm³/mol. The van der Waals surface area contributed by atoms with Crippen LogP contribution in [0, 0.1) is 0 Å². The van der Waals surface area contributed by atoms with Crippen LogP contribution < -0.4 is 14.8 Å². The summed E-state index contributed by atoms with van der Waals surface area (Å²) >= 11 is 0. The van der Waals surface area contributed by atoms with E-state index in [0.717, 1.165) is 0 Å². The minimum Gasteiger partial charge on any atom is -0.454 e. The summed E-state index contributed by atoms with van der Waals surface area (Å²) in [7, 11) is 1.57. The number of hydrogen-bond acceptors (Lipinski definition) is 3. The molecule has 1 heterocycles. The van der Waals surface area contributed by atoms with Gasteiger partial charge in [0.2, 0.25) is 6.79 Å². The molecule has 1 aliphatic rings. The summed E-state index contributed by atoms with van der Waals surface area (Å²) in [6.45, 7) is 1.66. The molecule has 3 nitrogen and oxygen atoms in total. The molecular weight excluding hydrogens is 178 g/mol. The molecule has 0 fully saturated rings. The van der Waals surface area contributed by atoms with Gasteiger partial charge in [-0.05, 0) is 38.0 Å². The average Bonchev–Trinajstić information content (AvgIpc) is 2.75. The number of ether oxygens (including phenoxy) is 2. The van der Waals surface area contributed by atoms with Gasteiger partial charge in [-0.2, -0.15) is 0 Å². The monoisotopic (exact) mass is 196 g/mol. The molecule has 0 saturated carbocycles. The molecule has 0 bridgehead atoms. The van der Waals surface area contributed by atoms with Gasteiger partial charge in [-0.25, -0.2) is 0 Å². The van der Waals surface area contributed by atoms with Crippen molar-refractivity contribution in [3.63, 3.8) is 0 Å². The topological polar surface area (TPSA) is 30.5 Å². The fourth-order valence-electron chi connectivity index (χ4n) is 1.25. The summed E-state index contributed by atoms with van der Waals surface area (Å²) in [6, 6.07) is 3.46. The molecule has 1 aliphatic heterocycles. The van der Waals surface area contributed by atoms with Crippen molar-refractivity contribution in [1.29, 1.82) is 0 Å². The van der Waals surface area contributed by atoms with E-state index in [0.29, 0.717) is 17.1 Å². The summed E-state index contributed by atoms with van der Waals surface area (Å²) in [5.41, 5.74) is 0.397. The first-order valence-corrected chi connectivity index (χ1v) is 4.47. The number of hydrogen-bond donors (Lipinski definition) is 1. The van der Waals surface area contributed by atoms with Crippen molar-refractivity contribution >= 4 is 0 Å². The number of fused-ring (bicyclic) bond motifs is 1. The van der Waals surface area contributed by atoms with Crippen LogP contribution in [-0.4, -0.2) is 19.9 Å². The molecule has 76 valence electrons. The summed E-state index contributed by atoms with van der Waals surface area (Å²) in [4.78, 5) is 0. The Kier molecular flexibility index (Phi) is 1.75. The predicted octanol–water partition coefficient (Wildman–Crippen LogP) is 1.57. The lowest BCUT2D eigenvalue weighted by Crippen LogP contribution is -2.23. The van der Waals surface area contributed by atoms with E-state index in [-0.39, 0.29) is 6.79 Å². The molecule has 0 amide bonds. The van der Waals surface area contributed by atoms with Crippen molar-refractivity contribution in [2.24, 2.45) is 0 Å². The van der Waals surface area contributed by atoms with E-state index < -0.39 is 12.4 Å². The molecule has 0 saturated heterocycles. The van der Waals surface area contributed by atoms with Gasteiger partial charge < -0.3 is 14.8 Å². The molecule has 1 aromatic carbocycles. The second kappa shape index (κ2) is 3.88. The molecule has 14 heavy (non-hydrogen) atoms. The first kappa shape index (κ1) is 6.30. The smallest absolute Gasteiger partial charge is 0.231 e. The van der Waals surface area contributed by atoms with Crippen molar-refractivity contribution in [2.75, 3.05) is 13.8 Å². The van der Waals surface area contributed by atoms with Gasteiger partial charge in [0.05, 0.1) is 0 Å². The normalized spacial score (nSPS) is 22.0. The van der Waals surface area contributed by atoms with Gasteiger partial charge in [0.15, 0.2) is 11.5 Å². The van der Waals surface area contributed by atoms with E-state index in [1.807, 2.05) is 0 Å². The molecule has 3 heteroatoms. The van der Waals surface area contributed by atoms with Crippen LogP contribution in [0.4, 0.5) is 0 Å². The van der Waals surface area contributed by atoms with Gasteiger partial charge in [0, 0.05) is 10.1 Å². The Labute approximate surface area is 88.2 Å². The number of rotatable bonds is 3. The highest BCUT2D eigenvalue weighted by Crippen LogP contribution is 2.32. The third-order valence-electron chi connectivity index (χ3n) is 2.08. The zero-order valence-electron chi connectivity index (χ0n) is 11.3. The second-order valence-electron chi connectivity index (χ2n) is 3.07. The summed E-state index contributed by atoms with van der Waals surface area (Å²) in [6.07, 6.45) is -1.83. The number of likely N-dealkylation sites (N-methyl/N-ethyl adjacent to an activating group) is 1. The van der Waals surface area contributed by atoms with Crippen LogP contribution in [0.3, 0.4) is 0 Å². The van der Waals surface area contributed by atoms with Gasteiger partial charge >= 0.3 is 0 Å². The van der Waals surface area contributed by atoms with Crippen LogP contribution in [0.1, 0.15) is 16.6 Å². The first-order valence-electron chi connectivity index (χ1n) is 5.97. The van der Waals surface area contributed by atoms with Crippen LogP contribution in [0.2, 0.25) is 0 Å². The molecule has 1 aromatic rings. The minimum absolute atomic E-state index is 0.159. The van der Waals surface area contributed by atoms with Crippen molar-refractivity contribution in [2.45, 2.75) is 19.3 Å². The lowest BCUT2D eigenvalue weighted by Gasteiger charge is -2.09. The quantitative estimate of drug-likeness (QED) is 0.796. The zero-order chi connectivity index (χ0) is 12.7. The Morgan fingerprint density at radius 1 is 1.57 bits per heavy atom. The maximum atomic E-state index is 8.05. The standard InChI is InChI=1S/C11H15NO2/c1-8(12-2)5-9-3-4-10-11(6-9)14-7-13-10/h3-4,6,8,12H,5,7H2,1-2H3/i5D2,8D. The molecule has 0 radical (unpaired) electrons. The van der Waals surface area contributed by atoms with E-state index in [1.54, 1.807) is 25.2 Å². The highest BCUT2D eigenvalue weighted by atomic mass is 16.7. The molecule has 0 aromatic heterocycles. The molecular formula is C11H15NO2. The van der Waals surface area contributed by atoms with Crippen molar-refractivity contribution in [3.8, 4) is 11.5 Å². The zero-order valence-corrected chi connectivity index (χ0v) is 8.26. The average molecular weight is 196 g/mol. The Morgan fingerprint density at radius 2 is 2.36 bits per heavy atom. The second-order valence-corrected chi connectivity index (χ2v) is 3.07. The van der Waals surface area contributed by atoms with Crippen LogP contribution in [0.25, 0.3) is 0 Å². The molecule has 0 aliphatic carbocycles. The van der Waals surface area contributed by atoms with Gasteiger partial charge in [-0.1, -0.05) is 6.07 Å². The maximum absolute atomic E-state index is 8.05. The highest BCUT2D eigenvalue weighted by molar-refractivity contribution is 5.44. The lowest BCUT2D eigenvalue weighted by molar-refractivity contribution is 0.174. The molecule has 0 spiro atoms. The summed E-state index contributed by atoms with van der Waals surface area (Å²) in [5, 5.41) is 2.67. The van der Waals surface area contributed by atoms with Gasteiger partial charge in [-0.3, -0.25) is 0 Å². The van der Waals surface area contributed by atoms with Crippen molar-refractivity contribution in [1.82, 2.24) is 5.32 Å². The van der Waals surface area contributed by atoms with E-state index >= 15 is 0 Å². The van der Waals surface area contributed by atoms with Crippen LogP contribution in [0.15, 0.2) is 18.2 Å². The molecule has 1 N–H and O–H groups in total. The molecule has 1 atom stereocenters.